The molecule has 0 aromatic heterocycles. The monoisotopic (exact) mass is 707 g/mol. The number of carbonyl (C=O) groups is 1. The highest BCUT2D eigenvalue weighted by Gasteiger charge is 2.28. The van der Waals surface area contributed by atoms with E-state index in [1.807, 2.05) is 14.1 Å². The van der Waals surface area contributed by atoms with Crippen LogP contribution in [-0.4, -0.2) is 70.1 Å². The molecule has 2 N–H and O–H groups in total. The first-order valence-electron chi connectivity index (χ1n) is 21.6. The maximum atomic E-state index is 12.4. The number of likely N-dealkylation sites (N-methyl/N-ethyl adjacent to an activating group) is 1. The van der Waals surface area contributed by atoms with Crippen LogP contribution in [-0.2, 0) is 19.0 Å². The summed E-state index contributed by atoms with van der Waals surface area (Å²) < 4.78 is 18.1. The van der Waals surface area contributed by atoms with Crippen molar-refractivity contribution in [2.45, 2.75) is 206 Å². The summed E-state index contributed by atoms with van der Waals surface area (Å²) in [7, 11) is 4.03. The normalized spacial score (nSPS) is 13.3. The number of nitrogens with zero attached hydrogens (tertiary/aromatic N) is 1. The van der Waals surface area contributed by atoms with Gasteiger partial charge in [0, 0.05) is 19.8 Å². The summed E-state index contributed by atoms with van der Waals surface area (Å²) >= 11 is 0. The number of primary amides is 1. The molecule has 0 saturated carbocycles. The van der Waals surface area contributed by atoms with E-state index in [-0.39, 0.29) is 0 Å². The van der Waals surface area contributed by atoms with Crippen LogP contribution in [0.15, 0.2) is 24.3 Å². The SMILES string of the molecule is CCCCCCCCC=CCCCCCCCCOCC(OCCN(C)C)C(OCCCCCCCCC=CCCCCCCCC)C(N)=O. The van der Waals surface area contributed by atoms with Crippen LogP contribution in [0.4, 0.5) is 0 Å². The number of ether oxygens (including phenoxy) is 3. The molecule has 0 aliphatic heterocycles. The fourth-order valence-electron chi connectivity index (χ4n) is 6.19. The average molecular weight is 707 g/mol. The number of amides is 1. The highest BCUT2D eigenvalue weighted by Crippen LogP contribution is 2.13. The molecule has 0 heterocycles. The van der Waals surface area contributed by atoms with E-state index in [0.717, 1.165) is 25.8 Å². The highest BCUT2D eigenvalue weighted by molar-refractivity contribution is 5.79. The Morgan fingerprint density at radius 2 is 0.900 bits per heavy atom. The lowest BCUT2D eigenvalue weighted by atomic mass is 10.1. The van der Waals surface area contributed by atoms with Gasteiger partial charge in [0.05, 0.1) is 13.2 Å². The molecular formula is C44H86N2O4. The molecule has 2 unspecified atom stereocenters. The third kappa shape index (κ3) is 36.6. The van der Waals surface area contributed by atoms with Crippen LogP contribution in [0, 0.1) is 0 Å². The van der Waals surface area contributed by atoms with Crippen molar-refractivity contribution >= 4 is 5.91 Å². The number of carbonyl (C=O) groups excluding carboxylic acids is 1. The van der Waals surface area contributed by atoms with Crippen molar-refractivity contribution in [3.63, 3.8) is 0 Å². The lowest BCUT2D eigenvalue weighted by molar-refractivity contribution is -0.148. The van der Waals surface area contributed by atoms with E-state index in [2.05, 4.69) is 43.1 Å². The Labute approximate surface area is 312 Å². The summed E-state index contributed by atoms with van der Waals surface area (Å²) in [5, 5.41) is 0. The van der Waals surface area contributed by atoms with Crippen molar-refractivity contribution in [3.8, 4) is 0 Å². The van der Waals surface area contributed by atoms with Gasteiger partial charge in [-0.05, 0) is 78.3 Å². The van der Waals surface area contributed by atoms with Gasteiger partial charge in [-0.1, -0.05) is 154 Å². The molecule has 0 aliphatic carbocycles. The molecule has 6 heteroatoms. The Balaban J connectivity index is 4.03. The van der Waals surface area contributed by atoms with E-state index in [9.17, 15) is 4.79 Å². The van der Waals surface area contributed by atoms with E-state index >= 15 is 0 Å². The van der Waals surface area contributed by atoms with Gasteiger partial charge in [-0.3, -0.25) is 4.79 Å². The Morgan fingerprint density at radius 1 is 0.520 bits per heavy atom. The minimum atomic E-state index is -0.778. The molecule has 0 bridgehead atoms. The molecule has 0 aromatic rings. The second-order valence-corrected chi connectivity index (χ2v) is 14.9. The van der Waals surface area contributed by atoms with Crippen molar-refractivity contribution in [1.29, 1.82) is 0 Å². The van der Waals surface area contributed by atoms with Crippen molar-refractivity contribution in [2.24, 2.45) is 5.73 Å². The topological polar surface area (TPSA) is 74.0 Å². The second kappa shape index (κ2) is 40.6. The fraction of sp³-hybridized carbons (Fsp3) is 0.886. The Kier molecular flexibility index (Phi) is 39.6. The molecule has 0 aromatic carbocycles. The van der Waals surface area contributed by atoms with E-state index < -0.39 is 18.1 Å². The lowest BCUT2D eigenvalue weighted by Crippen LogP contribution is -2.46. The molecular weight excluding hydrogens is 620 g/mol. The fourth-order valence-corrected chi connectivity index (χ4v) is 6.19. The minimum absolute atomic E-state index is 0.333. The summed E-state index contributed by atoms with van der Waals surface area (Å²) in [5.41, 5.74) is 5.79. The number of allylic oxidation sites excluding steroid dienone is 4. The number of hydrogen-bond acceptors (Lipinski definition) is 5. The minimum Gasteiger partial charge on any atom is -0.379 e. The van der Waals surface area contributed by atoms with Crippen LogP contribution in [0.1, 0.15) is 194 Å². The van der Waals surface area contributed by atoms with Crippen molar-refractivity contribution in [3.05, 3.63) is 24.3 Å². The summed E-state index contributed by atoms with van der Waals surface area (Å²) in [6.45, 7) is 7.36. The number of hydrogen-bond donors (Lipinski definition) is 1. The molecule has 0 aliphatic rings. The largest absolute Gasteiger partial charge is 0.379 e. The number of rotatable bonds is 41. The van der Waals surface area contributed by atoms with Crippen molar-refractivity contribution in [1.82, 2.24) is 4.90 Å². The van der Waals surface area contributed by atoms with E-state index in [1.54, 1.807) is 0 Å². The van der Waals surface area contributed by atoms with Crippen molar-refractivity contribution < 1.29 is 19.0 Å². The van der Waals surface area contributed by atoms with E-state index in [1.165, 1.54) is 161 Å². The maximum Gasteiger partial charge on any atom is 0.249 e. The van der Waals surface area contributed by atoms with Crippen LogP contribution >= 0.6 is 0 Å². The molecule has 6 nitrogen and oxygen atoms in total. The molecule has 50 heavy (non-hydrogen) atoms. The quantitative estimate of drug-likeness (QED) is 0.0506. The average Bonchev–Trinajstić information content (AvgIpc) is 3.09. The smallest absolute Gasteiger partial charge is 0.249 e. The molecule has 2 atom stereocenters. The maximum absolute atomic E-state index is 12.4. The van der Waals surface area contributed by atoms with Crippen LogP contribution in [0.2, 0.25) is 0 Å². The number of nitrogens with two attached hydrogens (primary N) is 1. The second-order valence-electron chi connectivity index (χ2n) is 14.9. The lowest BCUT2D eigenvalue weighted by Gasteiger charge is -2.26. The molecule has 0 rings (SSSR count). The van der Waals surface area contributed by atoms with Gasteiger partial charge in [0.1, 0.15) is 6.10 Å². The Bertz CT molecular complexity index is 742. The molecule has 296 valence electrons. The van der Waals surface area contributed by atoms with Crippen LogP contribution in [0.5, 0.6) is 0 Å². The molecule has 0 spiro atoms. The van der Waals surface area contributed by atoms with Gasteiger partial charge in [-0.15, -0.1) is 0 Å². The zero-order chi connectivity index (χ0) is 36.6. The first-order valence-corrected chi connectivity index (χ1v) is 21.6. The van der Waals surface area contributed by atoms with Crippen LogP contribution in [0.25, 0.3) is 0 Å². The third-order valence-electron chi connectivity index (χ3n) is 9.52. The summed E-state index contributed by atoms with van der Waals surface area (Å²) in [6.07, 6.45) is 44.1. The Morgan fingerprint density at radius 3 is 1.30 bits per heavy atom. The number of unbranched alkanes of at least 4 members (excludes halogenated alkanes) is 24. The summed E-state index contributed by atoms with van der Waals surface area (Å²) in [5.74, 6) is -0.467. The predicted molar refractivity (Wildman–Crippen MR) is 217 cm³/mol. The van der Waals surface area contributed by atoms with Gasteiger partial charge >= 0.3 is 0 Å². The summed E-state index contributed by atoms with van der Waals surface area (Å²) in [4.78, 5) is 14.4. The van der Waals surface area contributed by atoms with Gasteiger partial charge in [0.15, 0.2) is 6.10 Å². The third-order valence-corrected chi connectivity index (χ3v) is 9.52. The standard InChI is InChI=1S/C44H86N2O4/c1-5-7-9-11-13-15-17-19-21-23-25-27-29-31-33-35-38-48-41-42(49-40-37-46(3)4)43(44(45)47)50-39-36-34-32-30-28-26-24-22-20-18-16-14-12-10-8-6-2/h19-22,42-43H,5-18,23-41H2,1-4H3,(H2,45,47). The van der Waals surface area contributed by atoms with E-state index in [4.69, 9.17) is 19.9 Å². The zero-order valence-corrected chi connectivity index (χ0v) is 34.0. The van der Waals surface area contributed by atoms with Gasteiger partial charge < -0.3 is 24.8 Å². The molecule has 1 amide bonds. The Hall–Kier alpha value is -1.21. The van der Waals surface area contributed by atoms with Gasteiger partial charge in [-0.25, -0.2) is 0 Å². The van der Waals surface area contributed by atoms with Gasteiger partial charge in [0.2, 0.25) is 5.91 Å². The van der Waals surface area contributed by atoms with Crippen molar-refractivity contribution in [2.75, 3.05) is 47.1 Å². The van der Waals surface area contributed by atoms with Crippen LogP contribution < -0.4 is 5.73 Å². The summed E-state index contributed by atoms with van der Waals surface area (Å²) in [6, 6.07) is 0. The highest BCUT2D eigenvalue weighted by atomic mass is 16.6. The zero-order valence-electron chi connectivity index (χ0n) is 34.0. The van der Waals surface area contributed by atoms with Crippen LogP contribution in [0.3, 0.4) is 0 Å². The first kappa shape index (κ1) is 48.8. The van der Waals surface area contributed by atoms with Gasteiger partial charge in [-0.2, -0.15) is 0 Å². The van der Waals surface area contributed by atoms with Gasteiger partial charge in [0.25, 0.3) is 0 Å². The predicted octanol–water partition coefficient (Wildman–Crippen LogP) is 11.9. The molecule has 0 radical (unpaired) electrons. The molecule has 0 fully saturated rings. The first-order chi connectivity index (χ1) is 24.5. The van der Waals surface area contributed by atoms with E-state index in [0.29, 0.717) is 26.4 Å². The molecule has 0 saturated heterocycles.